The lowest BCUT2D eigenvalue weighted by molar-refractivity contribution is 0.0984. The first-order valence-corrected chi connectivity index (χ1v) is 4.04. The summed E-state index contributed by atoms with van der Waals surface area (Å²) < 4.78 is 0. The summed E-state index contributed by atoms with van der Waals surface area (Å²) in [5.74, 6) is 0.133. The zero-order valence-electron chi connectivity index (χ0n) is 7.48. The van der Waals surface area contributed by atoms with Gasteiger partial charge in [0.05, 0.1) is 0 Å². The van der Waals surface area contributed by atoms with Crippen LogP contribution in [0.25, 0.3) is 0 Å². The standard InChI is InChI=1S/C9H14N2O/c1-6-5-11-7(2)9(6)8(12)3-4-10/h5,11H,3-4,10H2,1-2H3. The number of carbonyl (C=O) groups excluding carboxylic acids is 1. The Balaban J connectivity index is 2.93. The summed E-state index contributed by atoms with van der Waals surface area (Å²) in [6, 6.07) is 0. The van der Waals surface area contributed by atoms with Gasteiger partial charge in [0.2, 0.25) is 0 Å². The maximum Gasteiger partial charge on any atom is 0.166 e. The van der Waals surface area contributed by atoms with E-state index in [1.54, 1.807) is 0 Å². The molecule has 0 amide bonds. The molecule has 0 spiro atoms. The van der Waals surface area contributed by atoms with E-state index in [-0.39, 0.29) is 5.78 Å². The molecule has 0 unspecified atom stereocenters. The molecule has 0 bridgehead atoms. The van der Waals surface area contributed by atoms with Crippen molar-refractivity contribution in [1.82, 2.24) is 4.98 Å². The van der Waals surface area contributed by atoms with E-state index >= 15 is 0 Å². The molecule has 0 aromatic carbocycles. The highest BCUT2D eigenvalue weighted by molar-refractivity contribution is 5.98. The van der Waals surface area contributed by atoms with Crippen molar-refractivity contribution in [2.24, 2.45) is 5.73 Å². The molecule has 0 aliphatic rings. The van der Waals surface area contributed by atoms with Gasteiger partial charge in [-0.15, -0.1) is 0 Å². The summed E-state index contributed by atoms with van der Waals surface area (Å²) in [6.07, 6.45) is 2.28. The Hall–Kier alpha value is -1.09. The largest absolute Gasteiger partial charge is 0.364 e. The van der Waals surface area contributed by atoms with E-state index in [9.17, 15) is 4.79 Å². The molecule has 66 valence electrons. The van der Waals surface area contributed by atoms with Crippen LogP contribution in [-0.2, 0) is 0 Å². The summed E-state index contributed by atoms with van der Waals surface area (Å²) in [6.45, 7) is 4.24. The quantitative estimate of drug-likeness (QED) is 0.662. The van der Waals surface area contributed by atoms with Gasteiger partial charge in [-0.1, -0.05) is 0 Å². The third-order valence-electron chi connectivity index (χ3n) is 1.92. The van der Waals surface area contributed by atoms with Crippen LogP contribution in [0.1, 0.15) is 28.0 Å². The van der Waals surface area contributed by atoms with Crippen molar-refractivity contribution in [3.8, 4) is 0 Å². The second-order valence-corrected chi connectivity index (χ2v) is 2.93. The predicted molar refractivity (Wildman–Crippen MR) is 48.3 cm³/mol. The van der Waals surface area contributed by atoms with Crippen molar-refractivity contribution in [1.29, 1.82) is 0 Å². The molecule has 1 rings (SSSR count). The van der Waals surface area contributed by atoms with E-state index in [2.05, 4.69) is 4.98 Å². The van der Waals surface area contributed by atoms with Gasteiger partial charge in [-0.2, -0.15) is 0 Å². The number of H-pyrrole nitrogens is 1. The van der Waals surface area contributed by atoms with Crippen LogP contribution < -0.4 is 5.73 Å². The van der Waals surface area contributed by atoms with Gasteiger partial charge in [0, 0.05) is 23.9 Å². The molecule has 3 nitrogen and oxygen atoms in total. The summed E-state index contributed by atoms with van der Waals surface area (Å²) in [4.78, 5) is 14.5. The van der Waals surface area contributed by atoms with E-state index in [0.717, 1.165) is 16.8 Å². The molecule has 1 aromatic heterocycles. The van der Waals surface area contributed by atoms with Crippen molar-refractivity contribution < 1.29 is 4.79 Å². The van der Waals surface area contributed by atoms with E-state index in [0.29, 0.717) is 13.0 Å². The third kappa shape index (κ3) is 1.56. The lowest BCUT2D eigenvalue weighted by atomic mass is 10.1. The van der Waals surface area contributed by atoms with Crippen molar-refractivity contribution in [2.75, 3.05) is 6.54 Å². The van der Waals surface area contributed by atoms with Crippen molar-refractivity contribution in [2.45, 2.75) is 20.3 Å². The monoisotopic (exact) mass is 166 g/mol. The molecule has 0 radical (unpaired) electrons. The van der Waals surface area contributed by atoms with Crippen LogP contribution >= 0.6 is 0 Å². The van der Waals surface area contributed by atoms with E-state index < -0.39 is 0 Å². The maximum absolute atomic E-state index is 11.4. The van der Waals surface area contributed by atoms with Gasteiger partial charge in [-0.05, 0) is 26.0 Å². The number of aryl methyl sites for hydroxylation is 2. The summed E-state index contributed by atoms with van der Waals surface area (Å²) in [5.41, 5.74) is 8.05. The first kappa shape index (κ1) is 9.00. The zero-order valence-corrected chi connectivity index (χ0v) is 7.48. The van der Waals surface area contributed by atoms with Gasteiger partial charge < -0.3 is 10.7 Å². The van der Waals surface area contributed by atoms with E-state index in [4.69, 9.17) is 5.73 Å². The fourth-order valence-electron chi connectivity index (χ4n) is 1.34. The van der Waals surface area contributed by atoms with Crippen LogP contribution in [-0.4, -0.2) is 17.3 Å². The number of rotatable bonds is 3. The number of Topliss-reactive ketones (excluding diaryl/α,β-unsaturated/α-hetero) is 1. The Kier molecular flexibility index (Phi) is 2.65. The molecule has 0 saturated carbocycles. The molecule has 0 aliphatic carbocycles. The van der Waals surface area contributed by atoms with Gasteiger partial charge in [0.25, 0.3) is 0 Å². The minimum atomic E-state index is 0.133. The first-order chi connectivity index (χ1) is 5.66. The second-order valence-electron chi connectivity index (χ2n) is 2.93. The smallest absolute Gasteiger partial charge is 0.166 e. The highest BCUT2D eigenvalue weighted by atomic mass is 16.1. The van der Waals surface area contributed by atoms with Crippen LogP contribution in [0, 0.1) is 13.8 Å². The minimum absolute atomic E-state index is 0.133. The van der Waals surface area contributed by atoms with Crippen LogP contribution in [0.2, 0.25) is 0 Å². The SMILES string of the molecule is Cc1c[nH]c(C)c1C(=O)CCN. The number of hydrogen-bond acceptors (Lipinski definition) is 2. The fourth-order valence-corrected chi connectivity index (χ4v) is 1.34. The summed E-state index contributed by atoms with van der Waals surface area (Å²) >= 11 is 0. The molecule has 3 heteroatoms. The molecule has 0 saturated heterocycles. The third-order valence-corrected chi connectivity index (χ3v) is 1.92. The molecular weight excluding hydrogens is 152 g/mol. The number of hydrogen-bond donors (Lipinski definition) is 2. The second kappa shape index (κ2) is 3.54. The molecule has 3 N–H and O–H groups in total. The van der Waals surface area contributed by atoms with Crippen molar-refractivity contribution in [3.63, 3.8) is 0 Å². The summed E-state index contributed by atoms with van der Waals surface area (Å²) in [7, 11) is 0. The average molecular weight is 166 g/mol. The molecule has 1 heterocycles. The highest BCUT2D eigenvalue weighted by Gasteiger charge is 2.11. The number of nitrogens with one attached hydrogen (secondary N) is 1. The van der Waals surface area contributed by atoms with Crippen LogP contribution in [0.3, 0.4) is 0 Å². The summed E-state index contributed by atoms with van der Waals surface area (Å²) in [5, 5.41) is 0. The molecule has 0 atom stereocenters. The van der Waals surface area contributed by atoms with Crippen LogP contribution in [0.4, 0.5) is 0 Å². The Morgan fingerprint density at radius 2 is 2.25 bits per heavy atom. The first-order valence-electron chi connectivity index (χ1n) is 4.04. The Morgan fingerprint density at radius 3 is 2.67 bits per heavy atom. The predicted octanol–water partition coefficient (Wildman–Crippen LogP) is 1.16. The lowest BCUT2D eigenvalue weighted by Crippen LogP contribution is -2.09. The fraction of sp³-hybridized carbons (Fsp3) is 0.444. The number of aromatic nitrogens is 1. The molecule has 0 fully saturated rings. The maximum atomic E-state index is 11.4. The normalized spacial score (nSPS) is 10.2. The van der Waals surface area contributed by atoms with Crippen molar-refractivity contribution in [3.05, 3.63) is 23.0 Å². The molecule has 12 heavy (non-hydrogen) atoms. The average Bonchev–Trinajstić information content (AvgIpc) is 2.32. The van der Waals surface area contributed by atoms with Crippen LogP contribution in [0.15, 0.2) is 6.20 Å². The topological polar surface area (TPSA) is 58.9 Å². The Morgan fingerprint density at radius 1 is 1.58 bits per heavy atom. The van der Waals surface area contributed by atoms with Gasteiger partial charge in [-0.3, -0.25) is 4.79 Å². The van der Waals surface area contributed by atoms with Gasteiger partial charge in [0.15, 0.2) is 5.78 Å². The Labute approximate surface area is 72.0 Å². The van der Waals surface area contributed by atoms with E-state index in [1.165, 1.54) is 0 Å². The number of nitrogens with two attached hydrogens (primary N) is 1. The van der Waals surface area contributed by atoms with E-state index in [1.807, 2.05) is 20.0 Å². The molecule has 0 aliphatic heterocycles. The number of aromatic amines is 1. The van der Waals surface area contributed by atoms with Gasteiger partial charge in [0.1, 0.15) is 0 Å². The van der Waals surface area contributed by atoms with Gasteiger partial charge >= 0.3 is 0 Å². The van der Waals surface area contributed by atoms with Crippen LogP contribution in [0.5, 0.6) is 0 Å². The molecular formula is C9H14N2O. The zero-order chi connectivity index (χ0) is 9.14. The highest BCUT2D eigenvalue weighted by Crippen LogP contribution is 2.13. The minimum Gasteiger partial charge on any atom is -0.364 e. The van der Waals surface area contributed by atoms with Gasteiger partial charge in [-0.25, -0.2) is 0 Å². The lowest BCUT2D eigenvalue weighted by Gasteiger charge is -1.98. The molecule has 1 aromatic rings. The van der Waals surface area contributed by atoms with Crippen molar-refractivity contribution >= 4 is 5.78 Å². The number of carbonyl (C=O) groups is 1. The Bertz CT molecular complexity index is 269. The number of ketones is 1.